The number of benzene rings is 1. The summed E-state index contributed by atoms with van der Waals surface area (Å²) in [6, 6.07) is 10.1. The molecule has 1 fully saturated rings. The van der Waals surface area contributed by atoms with Gasteiger partial charge in [-0.25, -0.2) is 0 Å². The van der Waals surface area contributed by atoms with Crippen LogP contribution < -0.4 is 5.73 Å². The molecule has 116 valence electrons. The van der Waals surface area contributed by atoms with Crippen molar-refractivity contribution in [2.45, 2.75) is 25.4 Å². The number of nitrogens with two attached hydrogens (primary N) is 1. The van der Waals surface area contributed by atoms with Gasteiger partial charge in [-0.05, 0) is 18.4 Å². The van der Waals surface area contributed by atoms with E-state index in [0.717, 1.165) is 31.5 Å². The van der Waals surface area contributed by atoms with Crippen LogP contribution in [0.5, 0.6) is 0 Å². The summed E-state index contributed by atoms with van der Waals surface area (Å²) in [7, 11) is 0. The lowest BCUT2D eigenvalue weighted by atomic mass is 10.1. The van der Waals surface area contributed by atoms with E-state index in [0.29, 0.717) is 19.6 Å². The van der Waals surface area contributed by atoms with Gasteiger partial charge in [0.1, 0.15) is 0 Å². The van der Waals surface area contributed by atoms with E-state index in [9.17, 15) is 9.90 Å². The molecule has 1 aromatic rings. The monoisotopic (exact) mass is 291 g/mol. The molecule has 1 heterocycles. The van der Waals surface area contributed by atoms with Gasteiger partial charge >= 0.3 is 0 Å². The van der Waals surface area contributed by atoms with Gasteiger partial charge in [0.05, 0.1) is 13.2 Å². The van der Waals surface area contributed by atoms with Gasteiger partial charge in [-0.3, -0.25) is 9.69 Å². The van der Waals surface area contributed by atoms with Gasteiger partial charge in [0.2, 0.25) is 5.91 Å². The van der Waals surface area contributed by atoms with E-state index in [4.69, 9.17) is 5.73 Å². The highest BCUT2D eigenvalue weighted by atomic mass is 16.3. The van der Waals surface area contributed by atoms with E-state index in [-0.39, 0.29) is 18.6 Å². The molecular weight excluding hydrogens is 266 g/mol. The van der Waals surface area contributed by atoms with Crippen LogP contribution in [-0.4, -0.2) is 59.6 Å². The van der Waals surface area contributed by atoms with Gasteiger partial charge in [-0.2, -0.15) is 0 Å². The molecule has 0 saturated carbocycles. The molecule has 0 aliphatic carbocycles. The lowest BCUT2D eigenvalue weighted by Gasteiger charge is -2.31. The summed E-state index contributed by atoms with van der Waals surface area (Å²) in [5, 5.41) is 9.18. The minimum Gasteiger partial charge on any atom is -0.395 e. The first kappa shape index (κ1) is 15.9. The number of aliphatic hydroxyl groups excluding tert-OH is 1. The number of piperidine rings is 1. The summed E-state index contributed by atoms with van der Waals surface area (Å²) >= 11 is 0. The van der Waals surface area contributed by atoms with E-state index in [1.54, 1.807) is 4.90 Å². The van der Waals surface area contributed by atoms with Crippen LogP contribution in [0.4, 0.5) is 0 Å². The molecule has 5 heteroatoms. The Morgan fingerprint density at radius 1 is 1.29 bits per heavy atom. The van der Waals surface area contributed by atoms with Gasteiger partial charge < -0.3 is 15.7 Å². The predicted molar refractivity (Wildman–Crippen MR) is 82.6 cm³/mol. The van der Waals surface area contributed by atoms with Crippen LogP contribution in [0.1, 0.15) is 18.4 Å². The predicted octanol–water partition coefficient (Wildman–Crippen LogP) is 0.431. The Labute approximate surface area is 126 Å². The number of hydrogen-bond acceptors (Lipinski definition) is 4. The molecule has 0 aromatic heterocycles. The van der Waals surface area contributed by atoms with Crippen molar-refractivity contribution >= 4 is 5.91 Å². The van der Waals surface area contributed by atoms with Crippen LogP contribution in [0, 0.1) is 0 Å². The fourth-order valence-electron chi connectivity index (χ4n) is 2.62. The first-order valence-corrected chi connectivity index (χ1v) is 7.59. The van der Waals surface area contributed by atoms with Gasteiger partial charge in [0.25, 0.3) is 0 Å². The van der Waals surface area contributed by atoms with Crippen molar-refractivity contribution in [3.63, 3.8) is 0 Å². The van der Waals surface area contributed by atoms with Crippen molar-refractivity contribution in [1.29, 1.82) is 0 Å². The van der Waals surface area contributed by atoms with Gasteiger partial charge in [0.15, 0.2) is 0 Å². The van der Waals surface area contributed by atoms with Crippen molar-refractivity contribution in [2.24, 2.45) is 5.73 Å². The number of nitrogens with zero attached hydrogens (tertiary/aromatic N) is 2. The first-order chi connectivity index (χ1) is 10.2. The van der Waals surface area contributed by atoms with Gasteiger partial charge in [-0.15, -0.1) is 0 Å². The average Bonchev–Trinajstić information content (AvgIpc) is 2.50. The Morgan fingerprint density at radius 2 is 1.95 bits per heavy atom. The quantitative estimate of drug-likeness (QED) is 0.797. The zero-order chi connectivity index (χ0) is 15.1. The summed E-state index contributed by atoms with van der Waals surface area (Å²) in [5.74, 6) is 0.0726. The number of carbonyl (C=O) groups excluding carboxylic acids is 1. The van der Waals surface area contributed by atoms with Crippen LogP contribution in [-0.2, 0) is 11.3 Å². The molecule has 1 saturated heterocycles. The van der Waals surface area contributed by atoms with Crippen molar-refractivity contribution in [3.8, 4) is 0 Å². The Balaban J connectivity index is 1.89. The molecule has 5 nitrogen and oxygen atoms in total. The van der Waals surface area contributed by atoms with E-state index < -0.39 is 0 Å². The molecular formula is C16H25N3O2. The fraction of sp³-hybridized carbons (Fsp3) is 0.562. The highest BCUT2D eigenvalue weighted by Crippen LogP contribution is 2.10. The maximum Gasteiger partial charge on any atom is 0.237 e. The number of carbonyl (C=O) groups is 1. The fourth-order valence-corrected chi connectivity index (χ4v) is 2.62. The summed E-state index contributed by atoms with van der Waals surface area (Å²) < 4.78 is 0. The zero-order valence-electron chi connectivity index (χ0n) is 12.4. The third-order valence-electron chi connectivity index (χ3n) is 3.93. The number of amides is 1. The second-order valence-corrected chi connectivity index (χ2v) is 5.64. The lowest BCUT2D eigenvalue weighted by molar-refractivity contribution is -0.133. The molecule has 1 amide bonds. The maximum absolute atomic E-state index is 12.4. The number of hydrogen-bond donors (Lipinski definition) is 2. The molecule has 3 N–H and O–H groups in total. The standard InChI is InChI=1S/C16H25N3O2/c17-15-6-8-18(9-7-15)13-16(21)19(10-11-20)12-14-4-2-1-3-5-14/h1-5,15,20H,6-13,17H2. The highest BCUT2D eigenvalue weighted by molar-refractivity contribution is 5.78. The molecule has 21 heavy (non-hydrogen) atoms. The van der Waals surface area contributed by atoms with Crippen molar-refractivity contribution < 1.29 is 9.90 Å². The molecule has 2 rings (SSSR count). The van der Waals surface area contributed by atoms with E-state index in [1.165, 1.54) is 0 Å². The second-order valence-electron chi connectivity index (χ2n) is 5.64. The Bertz CT molecular complexity index is 430. The largest absolute Gasteiger partial charge is 0.395 e. The zero-order valence-corrected chi connectivity index (χ0v) is 12.4. The van der Waals surface area contributed by atoms with Crippen molar-refractivity contribution in [1.82, 2.24) is 9.80 Å². The van der Waals surface area contributed by atoms with Crippen molar-refractivity contribution in [3.05, 3.63) is 35.9 Å². The van der Waals surface area contributed by atoms with Crippen molar-refractivity contribution in [2.75, 3.05) is 32.8 Å². The van der Waals surface area contributed by atoms with Gasteiger partial charge in [0, 0.05) is 32.2 Å². The minimum atomic E-state index is -0.0105. The third kappa shape index (κ3) is 5.12. The Kier molecular flexibility index (Phi) is 6.17. The molecule has 1 aliphatic heterocycles. The summed E-state index contributed by atoms with van der Waals surface area (Å²) in [6.45, 7) is 3.09. The minimum absolute atomic E-state index is 0.0105. The van der Waals surface area contributed by atoms with Gasteiger partial charge in [-0.1, -0.05) is 30.3 Å². The molecule has 0 spiro atoms. The topological polar surface area (TPSA) is 69.8 Å². The summed E-state index contributed by atoms with van der Waals surface area (Å²) in [5.41, 5.74) is 6.97. The second kappa shape index (κ2) is 8.12. The Hall–Kier alpha value is -1.43. The molecule has 0 bridgehead atoms. The molecule has 1 aliphatic rings. The maximum atomic E-state index is 12.4. The normalized spacial score (nSPS) is 16.9. The van der Waals surface area contributed by atoms with Crippen LogP contribution in [0.15, 0.2) is 30.3 Å². The smallest absolute Gasteiger partial charge is 0.237 e. The van der Waals surface area contributed by atoms with E-state index in [1.807, 2.05) is 30.3 Å². The van der Waals surface area contributed by atoms with E-state index in [2.05, 4.69) is 4.90 Å². The SMILES string of the molecule is NC1CCN(CC(=O)N(CCO)Cc2ccccc2)CC1. The lowest BCUT2D eigenvalue weighted by Crippen LogP contribution is -2.46. The Morgan fingerprint density at radius 3 is 2.57 bits per heavy atom. The number of aliphatic hydroxyl groups is 1. The first-order valence-electron chi connectivity index (χ1n) is 7.59. The molecule has 1 aromatic carbocycles. The van der Waals surface area contributed by atoms with Crippen LogP contribution in [0.3, 0.4) is 0 Å². The molecule has 0 unspecified atom stereocenters. The average molecular weight is 291 g/mol. The number of likely N-dealkylation sites (tertiary alicyclic amines) is 1. The van der Waals surface area contributed by atoms with Crippen LogP contribution in [0.25, 0.3) is 0 Å². The number of rotatable bonds is 6. The molecule has 0 radical (unpaired) electrons. The van der Waals surface area contributed by atoms with E-state index >= 15 is 0 Å². The highest BCUT2D eigenvalue weighted by Gasteiger charge is 2.21. The van der Waals surface area contributed by atoms with Crippen LogP contribution in [0.2, 0.25) is 0 Å². The molecule has 0 atom stereocenters. The summed E-state index contributed by atoms with van der Waals surface area (Å²) in [4.78, 5) is 16.3. The van der Waals surface area contributed by atoms with Crippen LogP contribution >= 0.6 is 0 Å². The summed E-state index contributed by atoms with van der Waals surface area (Å²) in [6.07, 6.45) is 1.90. The third-order valence-corrected chi connectivity index (χ3v) is 3.93.